The third kappa shape index (κ3) is 1.83. The lowest BCUT2D eigenvalue weighted by Gasteiger charge is -2.26. The van der Waals surface area contributed by atoms with Crippen molar-refractivity contribution in [2.45, 2.75) is 12.5 Å². The normalized spacial score (nSPS) is 18.1. The van der Waals surface area contributed by atoms with E-state index in [0.29, 0.717) is 0 Å². The monoisotopic (exact) mass is 240 g/mol. The summed E-state index contributed by atoms with van der Waals surface area (Å²) in [6.07, 6.45) is 1.19. The van der Waals surface area contributed by atoms with Gasteiger partial charge < -0.3 is 4.43 Å². The molecule has 1 fully saturated rings. The van der Waals surface area contributed by atoms with Crippen molar-refractivity contribution in [2.24, 2.45) is 0 Å². The van der Waals surface area contributed by atoms with E-state index in [9.17, 15) is 0 Å². The summed E-state index contributed by atoms with van der Waals surface area (Å²) in [5.74, 6) is 0. The molecule has 2 aromatic carbocycles. The molecule has 1 aliphatic heterocycles. The number of benzene rings is 2. The molecular weight excluding hydrogens is 224 g/mol. The van der Waals surface area contributed by atoms with Gasteiger partial charge in [-0.3, -0.25) is 0 Å². The predicted octanol–water partition coefficient (Wildman–Crippen LogP) is 2.17. The van der Waals surface area contributed by atoms with Crippen molar-refractivity contribution in [1.82, 2.24) is 0 Å². The lowest BCUT2D eigenvalue weighted by atomic mass is 10.4. The highest BCUT2D eigenvalue weighted by molar-refractivity contribution is 6.97. The molecule has 0 spiro atoms. The molecule has 0 unspecified atom stereocenters. The topological polar surface area (TPSA) is 9.23 Å². The lowest BCUT2D eigenvalue weighted by molar-refractivity contribution is 0.357. The minimum atomic E-state index is -1.88. The van der Waals surface area contributed by atoms with Gasteiger partial charge in [0.05, 0.1) is 0 Å². The van der Waals surface area contributed by atoms with Crippen LogP contribution in [0.2, 0.25) is 6.04 Å². The molecule has 0 saturated carbocycles. The second-order valence-corrected chi connectivity index (χ2v) is 8.11. The smallest absolute Gasteiger partial charge is 0.255 e. The van der Waals surface area contributed by atoms with Gasteiger partial charge in [0, 0.05) is 6.61 Å². The second-order valence-electron chi connectivity index (χ2n) is 4.51. The van der Waals surface area contributed by atoms with Gasteiger partial charge in [0.25, 0.3) is 8.32 Å². The molecule has 0 atom stereocenters. The summed E-state index contributed by atoms with van der Waals surface area (Å²) >= 11 is 0. The van der Waals surface area contributed by atoms with Crippen LogP contribution in [0.3, 0.4) is 0 Å². The van der Waals surface area contributed by atoms with Gasteiger partial charge in [-0.15, -0.1) is 0 Å². The fraction of sp³-hybridized carbons (Fsp3) is 0.200. The quantitative estimate of drug-likeness (QED) is 0.731. The molecule has 1 heterocycles. The highest BCUT2D eigenvalue weighted by Crippen LogP contribution is 2.22. The van der Waals surface area contributed by atoms with Crippen LogP contribution in [0.4, 0.5) is 0 Å². The van der Waals surface area contributed by atoms with Crippen molar-refractivity contribution in [2.75, 3.05) is 6.61 Å². The van der Waals surface area contributed by atoms with E-state index in [1.54, 1.807) is 0 Å². The van der Waals surface area contributed by atoms with Crippen LogP contribution in [0.5, 0.6) is 0 Å². The number of hydrogen-bond acceptors (Lipinski definition) is 1. The van der Waals surface area contributed by atoms with Crippen molar-refractivity contribution in [3.05, 3.63) is 60.7 Å². The fourth-order valence-corrected chi connectivity index (χ4v) is 6.66. The first-order chi connectivity index (χ1) is 8.42. The molecule has 86 valence electrons. The molecule has 0 aromatic heterocycles. The van der Waals surface area contributed by atoms with Gasteiger partial charge in [-0.2, -0.15) is 0 Å². The van der Waals surface area contributed by atoms with Crippen LogP contribution < -0.4 is 10.4 Å². The summed E-state index contributed by atoms with van der Waals surface area (Å²) in [6, 6.07) is 22.7. The highest BCUT2D eigenvalue weighted by atomic mass is 28.4. The Kier molecular flexibility index (Phi) is 2.83. The largest absolute Gasteiger partial charge is 0.408 e. The Bertz CT molecular complexity index is 433. The molecule has 0 bridgehead atoms. The van der Waals surface area contributed by atoms with E-state index in [-0.39, 0.29) is 0 Å². The Morgan fingerprint density at radius 3 is 1.71 bits per heavy atom. The molecule has 1 saturated heterocycles. The minimum Gasteiger partial charge on any atom is -0.408 e. The molecule has 1 nitrogen and oxygen atoms in total. The van der Waals surface area contributed by atoms with Crippen LogP contribution in [0, 0.1) is 0 Å². The second kappa shape index (κ2) is 4.47. The number of hydrogen-bond donors (Lipinski definition) is 0. The van der Waals surface area contributed by atoms with Gasteiger partial charge in [0.2, 0.25) is 0 Å². The summed E-state index contributed by atoms with van der Waals surface area (Å²) in [5, 5.41) is 2.81. The summed E-state index contributed by atoms with van der Waals surface area (Å²) in [5.41, 5.74) is 0. The Hall–Kier alpha value is -1.38. The first-order valence-electron chi connectivity index (χ1n) is 6.17. The Morgan fingerprint density at radius 2 is 1.29 bits per heavy atom. The van der Waals surface area contributed by atoms with Crippen LogP contribution in [0.15, 0.2) is 60.7 Å². The van der Waals surface area contributed by atoms with Crippen LogP contribution >= 0.6 is 0 Å². The van der Waals surface area contributed by atoms with Gasteiger partial charge in [0.1, 0.15) is 0 Å². The molecule has 3 rings (SSSR count). The zero-order valence-corrected chi connectivity index (χ0v) is 10.8. The summed E-state index contributed by atoms with van der Waals surface area (Å²) < 4.78 is 6.25. The fourth-order valence-electron chi connectivity index (χ4n) is 2.68. The van der Waals surface area contributed by atoms with E-state index in [0.717, 1.165) is 6.61 Å². The van der Waals surface area contributed by atoms with Crippen LogP contribution in [-0.4, -0.2) is 14.9 Å². The van der Waals surface area contributed by atoms with Crippen molar-refractivity contribution < 1.29 is 4.43 Å². The molecule has 2 heteroatoms. The van der Waals surface area contributed by atoms with Gasteiger partial charge in [-0.1, -0.05) is 60.7 Å². The van der Waals surface area contributed by atoms with Crippen molar-refractivity contribution in [1.29, 1.82) is 0 Å². The van der Waals surface area contributed by atoms with Gasteiger partial charge in [-0.05, 0) is 22.8 Å². The number of rotatable bonds is 2. The van der Waals surface area contributed by atoms with Crippen LogP contribution in [0.1, 0.15) is 6.42 Å². The van der Waals surface area contributed by atoms with E-state index in [2.05, 4.69) is 60.7 Å². The zero-order chi connectivity index (χ0) is 11.6. The third-order valence-corrected chi connectivity index (χ3v) is 7.79. The van der Waals surface area contributed by atoms with Gasteiger partial charge >= 0.3 is 0 Å². The molecular formula is C15H16OSi. The maximum absolute atomic E-state index is 6.25. The highest BCUT2D eigenvalue weighted by Gasteiger charge is 2.42. The third-order valence-electron chi connectivity index (χ3n) is 3.50. The SMILES string of the molecule is c1ccc([Si]2(c3ccccc3)CCCO2)cc1. The summed E-state index contributed by atoms with van der Waals surface area (Å²) in [7, 11) is -1.88. The Morgan fingerprint density at radius 1 is 0.765 bits per heavy atom. The van der Waals surface area contributed by atoms with E-state index in [1.807, 2.05) is 0 Å². The van der Waals surface area contributed by atoms with Gasteiger partial charge in [0.15, 0.2) is 0 Å². The maximum Gasteiger partial charge on any atom is 0.255 e. The zero-order valence-electron chi connectivity index (χ0n) is 9.80. The van der Waals surface area contributed by atoms with E-state index in [4.69, 9.17) is 4.43 Å². The maximum atomic E-state index is 6.25. The first kappa shape index (κ1) is 10.8. The van der Waals surface area contributed by atoms with E-state index < -0.39 is 8.32 Å². The Balaban J connectivity index is 2.11. The Labute approximate surface area is 103 Å². The lowest BCUT2D eigenvalue weighted by Crippen LogP contribution is -2.58. The standard InChI is InChI=1S/C15H16OSi/c1-3-8-14(9-4-1)17(13-7-12-16-17)15-10-5-2-6-11-15/h1-6,8-11H,7,12-13H2. The van der Waals surface area contributed by atoms with Crippen LogP contribution in [0.25, 0.3) is 0 Å². The van der Waals surface area contributed by atoms with Crippen molar-refractivity contribution >= 4 is 18.7 Å². The minimum absolute atomic E-state index is 0.913. The average molecular weight is 240 g/mol. The van der Waals surface area contributed by atoms with E-state index in [1.165, 1.54) is 22.8 Å². The predicted molar refractivity (Wildman–Crippen MR) is 73.3 cm³/mol. The molecule has 0 N–H and O–H groups in total. The van der Waals surface area contributed by atoms with Crippen molar-refractivity contribution in [3.8, 4) is 0 Å². The molecule has 0 radical (unpaired) electrons. The molecule has 0 aliphatic carbocycles. The van der Waals surface area contributed by atoms with Crippen molar-refractivity contribution in [3.63, 3.8) is 0 Å². The molecule has 2 aromatic rings. The molecule has 0 amide bonds. The molecule has 17 heavy (non-hydrogen) atoms. The average Bonchev–Trinajstić information content (AvgIpc) is 2.91. The summed E-state index contributed by atoms with van der Waals surface area (Å²) in [4.78, 5) is 0. The first-order valence-corrected chi connectivity index (χ1v) is 8.28. The molecule has 1 aliphatic rings. The van der Waals surface area contributed by atoms with Gasteiger partial charge in [-0.25, -0.2) is 0 Å². The van der Waals surface area contributed by atoms with E-state index >= 15 is 0 Å². The summed E-state index contributed by atoms with van der Waals surface area (Å²) in [6.45, 7) is 0.913. The van der Waals surface area contributed by atoms with Crippen LogP contribution in [-0.2, 0) is 4.43 Å².